The number of likely N-dealkylation sites (tertiary alicyclic amines) is 1. The summed E-state index contributed by atoms with van der Waals surface area (Å²) in [6.45, 7) is 0.196. The number of piperidine rings is 1. The zero-order chi connectivity index (χ0) is 19.7. The molecule has 28 heavy (non-hydrogen) atoms. The smallest absolute Gasteiger partial charge is 0.410 e. The molecule has 2 atom stereocenters. The highest BCUT2D eigenvalue weighted by molar-refractivity contribution is 6.21. The first-order chi connectivity index (χ1) is 13.6. The van der Waals surface area contributed by atoms with Crippen molar-refractivity contribution in [2.45, 2.75) is 25.2 Å². The summed E-state index contributed by atoms with van der Waals surface area (Å²) in [6.07, 6.45) is -1.93. The van der Waals surface area contributed by atoms with Gasteiger partial charge in [0.15, 0.2) is 0 Å². The minimum atomic E-state index is -1.39. The zero-order valence-electron chi connectivity index (χ0n) is 15.1. The number of ether oxygens (including phenoxy) is 1. The van der Waals surface area contributed by atoms with Gasteiger partial charge in [0.2, 0.25) is 0 Å². The molecule has 0 N–H and O–H groups in total. The van der Waals surface area contributed by atoms with Gasteiger partial charge >= 0.3 is 6.09 Å². The van der Waals surface area contributed by atoms with Gasteiger partial charge in [0, 0.05) is 13.1 Å². The van der Waals surface area contributed by atoms with Crippen molar-refractivity contribution in [1.29, 1.82) is 0 Å². The molecule has 2 aliphatic rings. The van der Waals surface area contributed by atoms with E-state index in [2.05, 4.69) is 0 Å². The van der Waals surface area contributed by atoms with Crippen molar-refractivity contribution >= 4 is 17.9 Å². The first-order valence-electron chi connectivity index (χ1n) is 9.13. The molecule has 0 aliphatic carbocycles. The van der Waals surface area contributed by atoms with Crippen molar-refractivity contribution in [1.82, 2.24) is 9.80 Å². The lowest BCUT2D eigenvalue weighted by molar-refractivity contribution is 0.0216. The molecule has 2 aliphatic heterocycles. The highest BCUT2D eigenvalue weighted by Gasteiger charge is 2.45. The lowest BCUT2D eigenvalue weighted by Crippen LogP contribution is -2.56. The van der Waals surface area contributed by atoms with Gasteiger partial charge in [-0.15, -0.1) is 0 Å². The molecule has 1 saturated heterocycles. The number of benzene rings is 2. The standard InChI is InChI=1S/C21H19FN2O4/c22-17-10-11-23(21(27)28-13-14-6-2-1-3-7-14)12-18(17)24-19(25)15-8-4-5-9-16(15)20(24)26/h1-9,17-18H,10-13H2/t17-,18+/m0/s1. The van der Waals surface area contributed by atoms with Crippen LogP contribution in [0.15, 0.2) is 54.6 Å². The number of halogens is 1. The van der Waals surface area contributed by atoms with Crippen molar-refractivity contribution in [3.8, 4) is 0 Å². The molecule has 0 bridgehead atoms. The predicted molar refractivity (Wildman–Crippen MR) is 98.4 cm³/mol. The Bertz CT molecular complexity index is 883. The number of rotatable bonds is 3. The number of carbonyl (C=O) groups excluding carboxylic acids is 3. The normalized spacial score (nSPS) is 21.6. The van der Waals surface area contributed by atoms with Crippen LogP contribution in [0.3, 0.4) is 0 Å². The fourth-order valence-corrected chi connectivity index (χ4v) is 3.63. The number of amides is 3. The quantitative estimate of drug-likeness (QED) is 0.766. The number of fused-ring (bicyclic) bond motifs is 1. The fourth-order valence-electron chi connectivity index (χ4n) is 3.63. The Balaban J connectivity index is 1.46. The molecule has 2 heterocycles. The van der Waals surface area contributed by atoms with E-state index < -0.39 is 30.1 Å². The summed E-state index contributed by atoms with van der Waals surface area (Å²) in [6, 6.07) is 14.6. The van der Waals surface area contributed by atoms with E-state index in [0.29, 0.717) is 0 Å². The molecule has 144 valence electrons. The SMILES string of the molecule is O=C(OCc1ccccc1)N1CC[C@H](F)[C@H](N2C(=O)c3ccccc3C2=O)C1. The molecule has 4 rings (SSSR count). The number of carbonyl (C=O) groups is 3. The van der Waals surface area contributed by atoms with Gasteiger partial charge in [-0.2, -0.15) is 0 Å². The summed E-state index contributed by atoms with van der Waals surface area (Å²) < 4.78 is 19.9. The monoisotopic (exact) mass is 382 g/mol. The minimum Gasteiger partial charge on any atom is -0.445 e. The van der Waals surface area contributed by atoms with Crippen LogP contribution in [0.2, 0.25) is 0 Å². The van der Waals surface area contributed by atoms with Crippen LogP contribution in [0.1, 0.15) is 32.7 Å². The second kappa shape index (κ2) is 7.42. The van der Waals surface area contributed by atoms with E-state index in [1.807, 2.05) is 30.3 Å². The Kier molecular flexibility index (Phi) is 4.81. The summed E-state index contributed by atoms with van der Waals surface area (Å²) in [4.78, 5) is 40.0. The summed E-state index contributed by atoms with van der Waals surface area (Å²) >= 11 is 0. The number of imide groups is 1. The van der Waals surface area contributed by atoms with Crippen LogP contribution in [0.5, 0.6) is 0 Å². The fraction of sp³-hybridized carbons (Fsp3) is 0.286. The summed E-state index contributed by atoms with van der Waals surface area (Å²) in [7, 11) is 0. The van der Waals surface area contributed by atoms with Gasteiger partial charge in [-0.1, -0.05) is 42.5 Å². The lowest BCUT2D eigenvalue weighted by atomic mass is 10.0. The molecule has 3 amide bonds. The van der Waals surface area contributed by atoms with Crippen LogP contribution < -0.4 is 0 Å². The van der Waals surface area contributed by atoms with Crippen LogP contribution in [0, 0.1) is 0 Å². The van der Waals surface area contributed by atoms with Gasteiger partial charge in [0.05, 0.1) is 17.2 Å². The lowest BCUT2D eigenvalue weighted by Gasteiger charge is -2.38. The van der Waals surface area contributed by atoms with Crippen LogP contribution in [0.4, 0.5) is 9.18 Å². The summed E-state index contributed by atoms with van der Waals surface area (Å²) in [5.74, 6) is -1.04. The maximum absolute atomic E-state index is 14.6. The molecule has 0 aromatic heterocycles. The molecule has 0 radical (unpaired) electrons. The van der Waals surface area contributed by atoms with E-state index in [9.17, 15) is 18.8 Å². The van der Waals surface area contributed by atoms with Crippen molar-refractivity contribution < 1.29 is 23.5 Å². The molecular weight excluding hydrogens is 363 g/mol. The highest BCUT2D eigenvalue weighted by atomic mass is 19.1. The first-order valence-corrected chi connectivity index (χ1v) is 9.13. The molecule has 0 saturated carbocycles. The number of alkyl halides is 1. The summed E-state index contributed by atoms with van der Waals surface area (Å²) in [5, 5.41) is 0. The minimum absolute atomic E-state index is 0.0402. The Morgan fingerprint density at radius 3 is 2.25 bits per heavy atom. The topological polar surface area (TPSA) is 66.9 Å². The Hall–Kier alpha value is -3.22. The van der Waals surface area contributed by atoms with E-state index >= 15 is 0 Å². The highest BCUT2D eigenvalue weighted by Crippen LogP contribution is 2.29. The molecule has 2 aromatic carbocycles. The van der Waals surface area contributed by atoms with Gasteiger partial charge < -0.3 is 9.64 Å². The molecule has 7 heteroatoms. The number of nitrogens with zero attached hydrogens (tertiary/aromatic N) is 2. The first kappa shape index (κ1) is 18.2. The average molecular weight is 382 g/mol. The van der Waals surface area contributed by atoms with Crippen LogP contribution in [0.25, 0.3) is 0 Å². The van der Waals surface area contributed by atoms with Gasteiger partial charge in [-0.05, 0) is 24.1 Å². The third kappa shape index (κ3) is 3.24. The average Bonchev–Trinajstić information content (AvgIpc) is 2.98. The van der Waals surface area contributed by atoms with Gasteiger partial charge in [-0.25, -0.2) is 9.18 Å². The number of hydrogen-bond donors (Lipinski definition) is 0. The van der Waals surface area contributed by atoms with Gasteiger partial charge in [-0.3, -0.25) is 14.5 Å². The zero-order valence-corrected chi connectivity index (χ0v) is 15.1. The van der Waals surface area contributed by atoms with Crippen molar-refractivity contribution in [2.75, 3.05) is 13.1 Å². The maximum Gasteiger partial charge on any atom is 0.410 e. The molecule has 0 spiro atoms. The van der Waals surface area contributed by atoms with Crippen LogP contribution >= 0.6 is 0 Å². The van der Waals surface area contributed by atoms with Crippen LogP contribution in [-0.2, 0) is 11.3 Å². The second-order valence-corrected chi connectivity index (χ2v) is 6.88. The van der Waals surface area contributed by atoms with E-state index in [-0.39, 0.29) is 37.2 Å². The molecule has 6 nitrogen and oxygen atoms in total. The van der Waals surface area contributed by atoms with E-state index in [1.54, 1.807) is 24.3 Å². The van der Waals surface area contributed by atoms with Crippen molar-refractivity contribution in [3.05, 3.63) is 71.3 Å². The Morgan fingerprint density at radius 1 is 1.00 bits per heavy atom. The maximum atomic E-state index is 14.6. The van der Waals surface area contributed by atoms with Gasteiger partial charge in [0.1, 0.15) is 12.8 Å². The number of hydrogen-bond acceptors (Lipinski definition) is 4. The van der Waals surface area contributed by atoms with E-state index in [0.717, 1.165) is 10.5 Å². The van der Waals surface area contributed by atoms with Crippen LogP contribution in [-0.4, -0.2) is 53.0 Å². The predicted octanol–water partition coefficient (Wildman–Crippen LogP) is 3.03. The molecule has 1 fully saturated rings. The Morgan fingerprint density at radius 2 is 1.61 bits per heavy atom. The third-order valence-electron chi connectivity index (χ3n) is 5.12. The largest absolute Gasteiger partial charge is 0.445 e. The van der Waals surface area contributed by atoms with Crippen molar-refractivity contribution in [2.24, 2.45) is 0 Å². The molecular formula is C21H19FN2O4. The second-order valence-electron chi connectivity index (χ2n) is 6.88. The van der Waals surface area contributed by atoms with Gasteiger partial charge in [0.25, 0.3) is 11.8 Å². The Labute approximate surface area is 161 Å². The molecule has 0 unspecified atom stereocenters. The third-order valence-corrected chi connectivity index (χ3v) is 5.12. The van der Waals surface area contributed by atoms with Crippen molar-refractivity contribution in [3.63, 3.8) is 0 Å². The summed E-state index contributed by atoms with van der Waals surface area (Å²) in [5.41, 5.74) is 1.38. The van der Waals surface area contributed by atoms with E-state index in [4.69, 9.17) is 4.74 Å². The van der Waals surface area contributed by atoms with E-state index in [1.165, 1.54) is 4.90 Å². The molecule has 2 aromatic rings.